The lowest BCUT2D eigenvalue weighted by atomic mass is 10.1. The van der Waals surface area contributed by atoms with E-state index in [-0.39, 0.29) is 11.9 Å². The molecule has 1 N–H and O–H groups in total. The number of nitrogens with one attached hydrogen (secondary N) is 1. The Morgan fingerprint density at radius 2 is 1.77 bits per heavy atom. The second-order valence-electron chi connectivity index (χ2n) is 8.48. The van der Waals surface area contributed by atoms with Crippen LogP contribution in [0.3, 0.4) is 0 Å². The molecule has 3 aromatic rings. The molecule has 35 heavy (non-hydrogen) atoms. The average molecular weight is 507 g/mol. The predicted molar refractivity (Wildman–Crippen MR) is 144 cm³/mol. The van der Waals surface area contributed by atoms with Gasteiger partial charge in [-0.25, -0.2) is 0 Å². The van der Waals surface area contributed by atoms with Crippen LogP contribution in [0.2, 0.25) is 5.02 Å². The van der Waals surface area contributed by atoms with Gasteiger partial charge in [0.25, 0.3) is 5.91 Å². The summed E-state index contributed by atoms with van der Waals surface area (Å²) in [5, 5.41) is 4.20. The SMILES string of the molecule is COc1ccc(/C=C2\NC(=S)N(C(C)c3ccccc3)C2=O)cc1COc1cc(C)c(Cl)c(C)c1. The van der Waals surface area contributed by atoms with Crippen molar-refractivity contribution in [1.29, 1.82) is 0 Å². The Labute approximate surface area is 216 Å². The highest BCUT2D eigenvalue weighted by Crippen LogP contribution is 2.29. The molecule has 180 valence electrons. The van der Waals surface area contributed by atoms with Crippen LogP contribution in [-0.2, 0) is 11.4 Å². The molecule has 0 spiro atoms. The summed E-state index contributed by atoms with van der Waals surface area (Å²) >= 11 is 11.8. The number of halogens is 1. The monoisotopic (exact) mass is 506 g/mol. The van der Waals surface area contributed by atoms with E-state index in [4.69, 9.17) is 33.3 Å². The molecule has 1 atom stereocenters. The van der Waals surface area contributed by atoms with Crippen molar-refractivity contribution >= 4 is 40.9 Å². The largest absolute Gasteiger partial charge is 0.496 e. The topological polar surface area (TPSA) is 50.8 Å². The van der Waals surface area contributed by atoms with Crippen LogP contribution in [0.25, 0.3) is 6.08 Å². The van der Waals surface area contributed by atoms with Crippen LogP contribution in [0.5, 0.6) is 11.5 Å². The summed E-state index contributed by atoms with van der Waals surface area (Å²) in [5.41, 5.74) is 5.06. The first-order valence-corrected chi connectivity index (χ1v) is 12.0. The molecule has 1 heterocycles. The molecule has 0 aliphatic carbocycles. The van der Waals surface area contributed by atoms with Gasteiger partial charge >= 0.3 is 0 Å². The summed E-state index contributed by atoms with van der Waals surface area (Å²) in [5.74, 6) is 1.28. The summed E-state index contributed by atoms with van der Waals surface area (Å²) < 4.78 is 11.6. The first kappa shape index (κ1) is 24.8. The lowest BCUT2D eigenvalue weighted by molar-refractivity contribution is -0.123. The Kier molecular flexibility index (Phi) is 7.43. The highest BCUT2D eigenvalue weighted by atomic mass is 35.5. The third kappa shape index (κ3) is 5.34. The summed E-state index contributed by atoms with van der Waals surface area (Å²) in [6.07, 6.45) is 1.80. The van der Waals surface area contributed by atoms with E-state index in [0.717, 1.165) is 38.6 Å². The first-order chi connectivity index (χ1) is 16.8. The fraction of sp³-hybridized carbons (Fsp3) is 0.214. The number of hydrogen-bond donors (Lipinski definition) is 1. The number of carbonyl (C=O) groups excluding carboxylic acids is 1. The molecule has 5 nitrogen and oxygen atoms in total. The maximum Gasteiger partial charge on any atom is 0.277 e. The molecule has 1 unspecified atom stereocenters. The third-order valence-electron chi connectivity index (χ3n) is 6.00. The Morgan fingerprint density at radius 3 is 2.43 bits per heavy atom. The number of hydrogen-bond acceptors (Lipinski definition) is 4. The van der Waals surface area contributed by atoms with Crippen LogP contribution in [0.1, 0.15) is 40.8 Å². The molecule has 0 aromatic heterocycles. The van der Waals surface area contributed by atoms with Gasteiger partial charge < -0.3 is 14.8 Å². The van der Waals surface area contributed by atoms with Crippen molar-refractivity contribution < 1.29 is 14.3 Å². The lowest BCUT2D eigenvalue weighted by Crippen LogP contribution is -2.33. The molecular weight excluding hydrogens is 480 g/mol. The Morgan fingerprint density at radius 1 is 1.09 bits per heavy atom. The van der Waals surface area contributed by atoms with E-state index >= 15 is 0 Å². The number of methoxy groups -OCH3 is 1. The molecule has 3 aromatic carbocycles. The highest BCUT2D eigenvalue weighted by Gasteiger charge is 2.34. The smallest absolute Gasteiger partial charge is 0.277 e. The van der Waals surface area contributed by atoms with Crippen LogP contribution in [-0.4, -0.2) is 23.0 Å². The number of amides is 1. The van der Waals surface area contributed by atoms with Gasteiger partial charge in [0.1, 0.15) is 23.8 Å². The minimum absolute atomic E-state index is 0.160. The van der Waals surface area contributed by atoms with Crippen LogP contribution < -0.4 is 14.8 Å². The lowest BCUT2D eigenvalue weighted by Gasteiger charge is -2.23. The summed E-state index contributed by atoms with van der Waals surface area (Å²) in [6.45, 7) is 6.17. The van der Waals surface area contributed by atoms with E-state index in [9.17, 15) is 4.79 Å². The van der Waals surface area contributed by atoms with Gasteiger partial charge in [0.15, 0.2) is 5.11 Å². The van der Waals surface area contributed by atoms with Gasteiger partial charge in [0.05, 0.1) is 13.2 Å². The number of rotatable bonds is 7. The molecule has 1 fully saturated rings. The predicted octanol–water partition coefficient (Wildman–Crippen LogP) is 6.36. The van der Waals surface area contributed by atoms with E-state index in [1.807, 2.05) is 81.4 Å². The van der Waals surface area contributed by atoms with Crippen molar-refractivity contribution in [2.45, 2.75) is 33.4 Å². The fourth-order valence-corrected chi connectivity index (χ4v) is 4.56. The zero-order valence-electron chi connectivity index (χ0n) is 20.1. The zero-order valence-corrected chi connectivity index (χ0v) is 21.7. The Bertz CT molecular complexity index is 1280. The van der Waals surface area contributed by atoms with Crippen LogP contribution in [0.4, 0.5) is 0 Å². The van der Waals surface area contributed by atoms with Gasteiger partial charge in [-0.05, 0) is 85.6 Å². The minimum atomic E-state index is -0.180. The maximum atomic E-state index is 13.2. The van der Waals surface area contributed by atoms with Crippen LogP contribution in [0.15, 0.2) is 66.4 Å². The van der Waals surface area contributed by atoms with Crippen molar-refractivity contribution in [3.63, 3.8) is 0 Å². The summed E-state index contributed by atoms with van der Waals surface area (Å²) in [6, 6.07) is 19.2. The van der Waals surface area contributed by atoms with Gasteiger partial charge in [-0.1, -0.05) is 48.0 Å². The molecule has 1 amide bonds. The molecule has 0 saturated carbocycles. The van der Waals surface area contributed by atoms with Crippen molar-refractivity contribution in [3.8, 4) is 11.5 Å². The fourth-order valence-electron chi connectivity index (χ4n) is 4.10. The standard InChI is InChI=1S/C28H27ClN2O3S/c1-17-12-23(13-18(2)26(17)29)34-16-22-14-20(10-11-25(22)33-4)15-24-27(32)31(28(35)30-24)19(3)21-8-6-5-7-9-21/h5-15,19H,16H2,1-4H3,(H,30,35)/b24-15-. The molecule has 0 radical (unpaired) electrons. The zero-order chi connectivity index (χ0) is 25.1. The molecule has 0 bridgehead atoms. The van der Waals surface area contributed by atoms with Crippen LogP contribution >= 0.6 is 23.8 Å². The van der Waals surface area contributed by atoms with E-state index in [1.54, 1.807) is 18.1 Å². The number of nitrogens with zero attached hydrogens (tertiary/aromatic N) is 1. The summed E-state index contributed by atoms with van der Waals surface area (Å²) in [4.78, 5) is 14.8. The van der Waals surface area contributed by atoms with Crippen LogP contribution in [0, 0.1) is 13.8 Å². The maximum absolute atomic E-state index is 13.2. The quantitative estimate of drug-likeness (QED) is 0.298. The molecule has 1 saturated heterocycles. The Balaban J connectivity index is 1.55. The second-order valence-corrected chi connectivity index (χ2v) is 9.25. The molecule has 7 heteroatoms. The average Bonchev–Trinajstić information content (AvgIpc) is 3.13. The van der Waals surface area contributed by atoms with Crippen molar-refractivity contribution in [2.24, 2.45) is 0 Å². The normalized spacial score (nSPS) is 15.3. The highest BCUT2D eigenvalue weighted by molar-refractivity contribution is 7.80. The first-order valence-electron chi connectivity index (χ1n) is 11.3. The van der Waals surface area contributed by atoms with E-state index in [2.05, 4.69) is 5.32 Å². The van der Waals surface area contributed by atoms with Gasteiger partial charge in [-0.3, -0.25) is 9.69 Å². The van der Waals surface area contributed by atoms with Crippen molar-refractivity contribution in [1.82, 2.24) is 10.2 Å². The minimum Gasteiger partial charge on any atom is -0.496 e. The Hall–Kier alpha value is -3.35. The van der Waals surface area contributed by atoms with E-state index < -0.39 is 0 Å². The van der Waals surface area contributed by atoms with Crippen molar-refractivity contribution in [2.75, 3.05) is 7.11 Å². The summed E-state index contributed by atoms with van der Waals surface area (Å²) in [7, 11) is 1.62. The molecule has 1 aliphatic heterocycles. The molecule has 4 rings (SSSR count). The second kappa shape index (κ2) is 10.5. The number of benzene rings is 3. The van der Waals surface area contributed by atoms with E-state index in [1.165, 1.54) is 0 Å². The number of thiocarbonyl (C=S) groups is 1. The van der Waals surface area contributed by atoms with Gasteiger partial charge in [-0.2, -0.15) is 0 Å². The number of ether oxygens (including phenoxy) is 2. The van der Waals surface area contributed by atoms with Crippen molar-refractivity contribution in [3.05, 3.63) is 99.2 Å². The number of carbonyl (C=O) groups is 1. The van der Waals surface area contributed by atoms with Gasteiger partial charge in [0, 0.05) is 10.6 Å². The molecule has 1 aliphatic rings. The van der Waals surface area contributed by atoms with E-state index in [0.29, 0.717) is 23.2 Å². The number of aryl methyl sites for hydroxylation is 2. The molecular formula is C28H27ClN2O3S. The van der Waals surface area contributed by atoms with Gasteiger partial charge in [-0.15, -0.1) is 0 Å². The van der Waals surface area contributed by atoms with Gasteiger partial charge in [0.2, 0.25) is 0 Å². The third-order valence-corrected chi connectivity index (χ3v) is 6.89.